The van der Waals surface area contributed by atoms with E-state index >= 15 is 0 Å². The number of carbonyl (C=O) groups excluding carboxylic acids is 2. The molecule has 0 aliphatic rings. The molecule has 0 spiro atoms. The molecule has 0 saturated heterocycles. The van der Waals surface area contributed by atoms with E-state index in [1.165, 1.54) is 11.1 Å². The topological polar surface area (TPSA) is 49.4 Å². The van der Waals surface area contributed by atoms with Gasteiger partial charge < -0.3 is 10.2 Å². The molecule has 0 bridgehead atoms. The van der Waals surface area contributed by atoms with E-state index in [4.69, 9.17) is 0 Å². The summed E-state index contributed by atoms with van der Waals surface area (Å²) in [4.78, 5) is 27.7. The van der Waals surface area contributed by atoms with Gasteiger partial charge in [0, 0.05) is 13.1 Å². The summed E-state index contributed by atoms with van der Waals surface area (Å²) < 4.78 is 0. The fourth-order valence-electron chi connectivity index (χ4n) is 3.26. The lowest BCUT2D eigenvalue weighted by Crippen LogP contribution is -2.49. The van der Waals surface area contributed by atoms with Crippen LogP contribution in [0.5, 0.6) is 0 Å². The summed E-state index contributed by atoms with van der Waals surface area (Å²) >= 11 is 0. The molecule has 150 valence electrons. The van der Waals surface area contributed by atoms with E-state index in [1.807, 2.05) is 56.3 Å². The molecule has 0 saturated carbocycles. The Bertz CT molecular complexity index is 786. The predicted octanol–water partition coefficient (Wildman–Crippen LogP) is 4.18. The van der Waals surface area contributed by atoms with Crippen molar-refractivity contribution in [2.75, 3.05) is 6.54 Å². The van der Waals surface area contributed by atoms with Crippen LogP contribution in [0.3, 0.4) is 0 Å². The van der Waals surface area contributed by atoms with Crippen LogP contribution in [-0.2, 0) is 22.6 Å². The Hall–Kier alpha value is -2.62. The van der Waals surface area contributed by atoms with Crippen molar-refractivity contribution in [3.8, 4) is 0 Å². The molecule has 2 aromatic carbocycles. The number of benzene rings is 2. The average molecular weight is 381 g/mol. The Morgan fingerprint density at radius 3 is 2.29 bits per heavy atom. The lowest BCUT2D eigenvalue weighted by atomic mass is 10.0. The SMILES string of the molecule is CCCNC(=O)[C@H](CC)N(Cc1ccccc1)C(=O)Cc1ccc(C)c(C)c1. The van der Waals surface area contributed by atoms with Crippen molar-refractivity contribution < 1.29 is 9.59 Å². The molecule has 28 heavy (non-hydrogen) atoms. The maximum atomic E-state index is 13.2. The Morgan fingerprint density at radius 1 is 0.964 bits per heavy atom. The minimum Gasteiger partial charge on any atom is -0.354 e. The molecule has 0 aromatic heterocycles. The van der Waals surface area contributed by atoms with Gasteiger partial charge in [-0.15, -0.1) is 0 Å². The lowest BCUT2D eigenvalue weighted by molar-refractivity contribution is -0.140. The van der Waals surface area contributed by atoms with E-state index < -0.39 is 6.04 Å². The van der Waals surface area contributed by atoms with Crippen LogP contribution in [0.15, 0.2) is 48.5 Å². The molecular weight excluding hydrogens is 348 g/mol. The number of aryl methyl sites for hydroxylation is 2. The number of nitrogens with zero attached hydrogens (tertiary/aromatic N) is 1. The highest BCUT2D eigenvalue weighted by Gasteiger charge is 2.28. The molecule has 4 heteroatoms. The first kappa shape index (κ1) is 21.7. The van der Waals surface area contributed by atoms with Gasteiger partial charge in [-0.3, -0.25) is 9.59 Å². The van der Waals surface area contributed by atoms with Gasteiger partial charge in [-0.25, -0.2) is 0 Å². The van der Waals surface area contributed by atoms with E-state index in [-0.39, 0.29) is 11.8 Å². The zero-order chi connectivity index (χ0) is 20.5. The molecule has 0 heterocycles. The minimum absolute atomic E-state index is 0.0226. The Kier molecular flexibility index (Phi) is 8.24. The zero-order valence-corrected chi connectivity index (χ0v) is 17.5. The molecule has 0 aliphatic heterocycles. The lowest BCUT2D eigenvalue weighted by Gasteiger charge is -2.31. The number of amides is 2. The van der Waals surface area contributed by atoms with Gasteiger partial charge in [-0.1, -0.05) is 62.4 Å². The van der Waals surface area contributed by atoms with Crippen LogP contribution in [0.1, 0.15) is 48.9 Å². The molecule has 2 rings (SSSR count). The van der Waals surface area contributed by atoms with Crippen molar-refractivity contribution in [1.29, 1.82) is 0 Å². The van der Waals surface area contributed by atoms with E-state index in [9.17, 15) is 9.59 Å². The normalized spacial score (nSPS) is 11.7. The molecule has 1 N–H and O–H groups in total. The van der Waals surface area contributed by atoms with Crippen molar-refractivity contribution in [3.63, 3.8) is 0 Å². The fraction of sp³-hybridized carbons (Fsp3) is 0.417. The summed E-state index contributed by atoms with van der Waals surface area (Å²) in [5.74, 6) is -0.0978. The van der Waals surface area contributed by atoms with Crippen LogP contribution in [0.4, 0.5) is 0 Å². The second-order valence-corrected chi connectivity index (χ2v) is 7.32. The van der Waals surface area contributed by atoms with E-state index in [0.717, 1.165) is 17.5 Å². The first-order valence-electron chi connectivity index (χ1n) is 10.1. The molecule has 2 amide bonds. The van der Waals surface area contributed by atoms with E-state index in [0.29, 0.717) is 25.9 Å². The Labute approximate surface area is 169 Å². The van der Waals surface area contributed by atoms with Crippen molar-refractivity contribution in [2.24, 2.45) is 0 Å². The first-order chi connectivity index (χ1) is 13.5. The highest BCUT2D eigenvalue weighted by Crippen LogP contribution is 2.16. The second kappa shape index (κ2) is 10.6. The number of carbonyl (C=O) groups is 2. The smallest absolute Gasteiger partial charge is 0.242 e. The van der Waals surface area contributed by atoms with Crippen LogP contribution >= 0.6 is 0 Å². The summed E-state index contributed by atoms with van der Waals surface area (Å²) in [5.41, 5.74) is 4.39. The standard InChI is InChI=1S/C24H32N2O2/c1-5-14-25-24(28)22(6-2)26(17-20-10-8-7-9-11-20)23(27)16-21-13-12-18(3)19(4)15-21/h7-13,15,22H,5-6,14,16-17H2,1-4H3,(H,25,28)/t22-/m0/s1. The number of hydrogen-bond acceptors (Lipinski definition) is 2. The molecule has 0 unspecified atom stereocenters. The molecule has 0 radical (unpaired) electrons. The summed E-state index contributed by atoms with van der Waals surface area (Å²) in [7, 11) is 0. The monoisotopic (exact) mass is 380 g/mol. The maximum Gasteiger partial charge on any atom is 0.242 e. The van der Waals surface area contributed by atoms with Crippen LogP contribution in [-0.4, -0.2) is 29.3 Å². The first-order valence-corrected chi connectivity index (χ1v) is 10.1. The average Bonchev–Trinajstić information content (AvgIpc) is 2.69. The van der Waals surface area contributed by atoms with Crippen molar-refractivity contribution in [1.82, 2.24) is 10.2 Å². The van der Waals surface area contributed by atoms with Gasteiger partial charge in [0.25, 0.3) is 0 Å². The van der Waals surface area contributed by atoms with Crippen LogP contribution in [0, 0.1) is 13.8 Å². The Morgan fingerprint density at radius 2 is 1.68 bits per heavy atom. The quantitative estimate of drug-likeness (QED) is 0.709. The van der Waals surface area contributed by atoms with Crippen molar-refractivity contribution in [3.05, 3.63) is 70.8 Å². The zero-order valence-electron chi connectivity index (χ0n) is 17.5. The van der Waals surface area contributed by atoms with Gasteiger partial charge in [0.2, 0.25) is 11.8 Å². The second-order valence-electron chi connectivity index (χ2n) is 7.32. The summed E-state index contributed by atoms with van der Waals surface area (Å²) in [6.07, 6.45) is 1.75. The summed E-state index contributed by atoms with van der Waals surface area (Å²) in [6, 6.07) is 15.5. The third kappa shape index (κ3) is 5.95. The third-order valence-corrected chi connectivity index (χ3v) is 5.06. The predicted molar refractivity (Wildman–Crippen MR) is 114 cm³/mol. The van der Waals surface area contributed by atoms with E-state index in [1.54, 1.807) is 4.90 Å². The summed E-state index contributed by atoms with van der Waals surface area (Å²) in [6.45, 7) is 9.15. The van der Waals surface area contributed by atoms with Gasteiger partial charge in [0.15, 0.2) is 0 Å². The summed E-state index contributed by atoms with van der Waals surface area (Å²) in [5, 5.41) is 2.95. The van der Waals surface area contributed by atoms with Crippen molar-refractivity contribution >= 4 is 11.8 Å². The minimum atomic E-state index is -0.467. The van der Waals surface area contributed by atoms with Gasteiger partial charge in [-0.2, -0.15) is 0 Å². The highest BCUT2D eigenvalue weighted by molar-refractivity contribution is 5.88. The van der Waals surface area contributed by atoms with Gasteiger partial charge in [-0.05, 0) is 48.9 Å². The molecule has 0 fully saturated rings. The van der Waals surface area contributed by atoms with E-state index in [2.05, 4.69) is 25.2 Å². The maximum absolute atomic E-state index is 13.2. The van der Waals surface area contributed by atoms with Crippen LogP contribution < -0.4 is 5.32 Å². The van der Waals surface area contributed by atoms with Gasteiger partial charge in [0.1, 0.15) is 6.04 Å². The fourth-order valence-corrected chi connectivity index (χ4v) is 3.26. The largest absolute Gasteiger partial charge is 0.354 e. The van der Waals surface area contributed by atoms with Crippen LogP contribution in [0.2, 0.25) is 0 Å². The van der Waals surface area contributed by atoms with Crippen molar-refractivity contribution in [2.45, 2.75) is 59.5 Å². The molecular formula is C24H32N2O2. The number of rotatable bonds is 9. The third-order valence-electron chi connectivity index (χ3n) is 5.06. The number of hydrogen-bond donors (Lipinski definition) is 1. The van der Waals surface area contributed by atoms with Gasteiger partial charge >= 0.3 is 0 Å². The number of nitrogens with one attached hydrogen (secondary N) is 1. The highest BCUT2D eigenvalue weighted by atomic mass is 16.2. The van der Waals surface area contributed by atoms with Gasteiger partial charge in [0.05, 0.1) is 6.42 Å². The molecule has 1 atom stereocenters. The molecule has 4 nitrogen and oxygen atoms in total. The molecule has 0 aliphatic carbocycles. The van der Waals surface area contributed by atoms with Crippen LogP contribution in [0.25, 0.3) is 0 Å². The Balaban J connectivity index is 2.25. The molecule has 2 aromatic rings.